The summed E-state index contributed by atoms with van der Waals surface area (Å²) in [7, 11) is 3.34. The lowest BCUT2D eigenvalue weighted by atomic mass is 10.3. The van der Waals surface area contributed by atoms with Crippen LogP contribution in [0.25, 0.3) is 11.0 Å². The molecule has 0 unspecified atom stereocenters. The summed E-state index contributed by atoms with van der Waals surface area (Å²) in [5, 5.41) is 0. The summed E-state index contributed by atoms with van der Waals surface area (Å²) >= 11 is 0. The summed E-state index contributed by atoms with van der Waals surface area (Å²) in [6.45, 7) is 0.678. The molecule has 4 nitrogen and oxygen atoms in total. The van der Waals surface area contributed by atoms with Gasteiger partial charge in [0.1, 0.15) is 11.6 Å². The first-order valence-corrected chi connectivity index (χ1v) is 4.85. The summed E-state index contributed by atoms with van der Waals surface area (Å²) in [5.41, 5.74) is 1.96. The molecule has 0 bridgehead atoms. The van der Waals surface area contributed by atoms with Gasteiger partial charge in [0, 0.05) is 19.6 Å². The van der Waals surface area contributed by atoms with E-state index in [1.807, 2.05) is 18.2 Å². The molecule has 0 aliphatic rings. The first-order chi connectivity index (χ1) is 7.33. The van der Waals surface area contributed by atoms with Crippen molar-refractivity contribution in [3.8, 4) is 5.75 Å². The average Bonchev–Trinajstić information content (AvgIpc) is 2.67. The van der Waals surface area contributed by atoms with E-state index >= 15 is 0 Å². The molecular weight excluding hydrogens is 192 g/mol. The van der Waals surface area contributed by atoms with Crippen molar-refractivity contribution in [1.29, 1.82) is 0 Å². The van der Waals surface area contributed by atoms with Crippen LogP contribution < -0.4 is 4.74 Å². The molecule has 4 heteroatoms. The predicted octanol–water partition coefficient (Wildman–Crippen LogP) is 1.76. The molecule has 1 aromatic heterocycles. The second-order valence-corrected chi connectivity index (χ2v) is 3.31. The molecule has 0 spiro atoms. The van der Waals surface area contributed by atoms with Crippen LogP contribution in [0.1, 0.15) is 5.82 Å². The molecule has 2 aromatic rings. The van der Waals surface area contributed by atoms with Gasteiger partial charge < -0.3 is 14.5 Å². The van der Waals surface area contributed by atoms with E-state index in [9.17, 15) is 0 Å². The van der Waals surface area contributed by atoms with Crippen molar-refractivity contribution in [2.24, 2.45) is 0 Å². The van der Waals surface area contributed by atoms with Gasteiger partial charge in [-0.15, -0.1) is 0 Å². The van der Waals surface area contributed by atoms with E-state index in [1.165, 1.54) is 0 Å². The predicted molar refractivity (Wildman–Crippen MR) is 58.2 cm³/mol. The maximum Gasteiger partial charge on any atom is 0.121 e. The molecule has 0 amide bonds. The number of hydrogen-bond donors (Lipinski definition) is 1. The Balaban J connectivity index is 2.29. The Kier molecular flexibility index (Phi) is 2.87. The number of H-pyrrole nitrogens is 1. The second kappa shape index (κ2) is 4.31. The molecule has 80 valence electrons. The lowest BCUT2D eigenvalue weighted by molar-refractivity contribution is 0.201. The zero-order chi connectivity index (χ0) is 10.7. The van der Waals surface area contributed by atoms with E-state index in [0.29, 0.717) is 6.61 Å². The van der Waals surface area contributed by atoms with Gasteiger partial charge in [-0.25, -0.2) is 4.98 Å². The molecule has 1 N–H and O–H groups in total. The fourth-order valence-electron chi connectivity index (χ4n) is 1.49. The normalized spacial score (nSPS) is 10.8. The van der Waals surface area contributed by atoms with Crippen LogP contribution in [0, 0.1) is 0 Å². The number of imidazole rings is 1. The van der Waals surface area contributed by atoms with Crippen LogP contribution in [0.2, 0.25) is 0 Å². The summed E-state index contributed by atoms with van der Waals surface area (Å²) in [6.07, 6.45) is 0.799. The third-order valence-electron chi connectivity index (χ3n) is 2.28. The SMILES string of the molecule is COCCc1nc2ccc(OC)cc2[nH]1. The van der Waals surface area contributed by atoms with Gasteiger partial charge in [0.15, 0.2) is 0 Å². The summed E-state index contributed by atoms with van der Waals surface area (Å²) in [6, 6.07) is 5.79. The Morgan fingerprint density at radius 1 is 1.33 bits per heavy atom. The number of ether oxygens (including phenoxy) is 2. The Labute approximate surface area is 88.2 Å². The van der Waals surface area contributed by atoms with Crippen LogP contribution in [0.5, 0.6) is 5.75 Å². The average molecular weight is 206 g/mol. The van der Waals surface area contributed by atoms with Gasteiger partial charge in [-0.05, 0) is 12.1 Å². The van der Waals surface area contributed by atoms with Crippen LogP contribution in [0.3, 0.4) is 0 Å². The van der Waals surface area contributed by atoms with E-state index < -0.39 is 0 Å². The Hall–Kier alpha value is -1.55. The molecule has 1 heterocycles. The number of hydrogen-bond acceptors (Lipinski definition) is 3. The smallest absolute Gasteiger partial charge is 0.121 e. The highest BCUT2D eigenvalue weighted by atomic mass is 16.5. The number of benzene rings is 1. The number of fused-ring (bicyclic) bond motifs is 1. The quantitative estimate of drug-likeness (QED) is 0.829. The second-order valence-electron chi connectivity index (χ2n) is 3.31. The van der Waals surface area contributed by atoms with E-state index in [2.05, 4.69) is 9.97 Å². The van der Waals surface area contributed by atoms with Gasteiger partial charge in [0.25, 0.3) is 0 Å². The van der Waals surface area contributed by atoms with Crippen molar-refractivity contribution in [3.63, 3.8) is 0 Å². The Morgan fingerprint density at radius 3 is 2.93 bits per heavy atom. The van der Waals surface area contributed by atoms with Crippen molar-refractivity contribution < 1.29 is 9.47 Å². The molecule has 0 atom stereocenters. The minimum atomic E-state index is 0.678. The van der Waals surface area contributed by atoms with Crippen molar-refractivity contribution in [2.45, 2.75) is 6.42 Å². The van der Waals surface area contributed by atoms with Crippen LogP contribution in [0.15, 0.2) is 18.2 Å². The number of nitrogens with one attached hydrogen (secondary N) is 1. The van der Waals surface area contributed by atoms with Crippen molar-refractivity contribution in [1.82, 2.24) is 9.97 Å². The molecule has 1 aromatic carbocycles. The van der Waals surface area contributed by atoms with Crippen LogP contribution in [-0.4, -0.2) is 30.8 Å². The highest BCUT2D eigenvalue weighted by molar-refractivity contribution is 5.76. The van der Waals surface area contributed by atoms with Crippen molar-refractivity contribution in [3.05, 3.63) is 24.0 Å². The molecule has 0 saturated carbocycles. The summed E-state index contributed by atoms with van der Waals surface area (Å²) in [4.78, 5) is 7.67. The van der Waals surface area contributed by atoms with Gasteiger partial charge >= 0.3 is 0 Å². The monoisotopic (exact) mass is 206 g/mol. The number of aromatic nitrogens is 2. The minimum Gasteiger partial charge on any atom is -0.497 e. The van der Waals surface area contributed by atoms with Crippen molar-refractivity contribution >= 4 is 11.0 Å². The number of aromatic amines is 1. The van der Waals surface area contributed by atoms with Gasteiger partial charge in [-0.3, -0.25) is 0 Å². The lowest BCUT2D eigenvalue weighted by Gasteiger charge is -1.96. The van der Waals surface area contributed by atoms with Crippen molar-refractivity contribution in [2.75, 3.05) is 20.8 Å². The van der Waals surface area contributed by atoms with E-state index in [1.54, 1.807) is 14.2 Å². The third kappa shape index (κ3) is 2.10. The molecule has 0 saturated heterocycles. The fraction of sp³-hybridized carbons (Fsp3) is 0.364. The van der Waals surface area contributed by atoms with E-state index in [-0.39, 0.29) is 0 Å². The molecule has 0 aliphatic heterocycles. The zero-order valence-corrected chi connectivity index (χ0v) is 8.91. The maximum atomic E-state index is 5.14. The Bertz CT molecular complexity index is 451. The number of rotatable bonds is 4. The standard InChI is InChI=1S/C11H14N2O2/c1-14-6-5-11-12-9-4-3-8(15-2)7-10(9)13-11/h3-4,7H,5-6H2,1-2H3,(H,12,13). The van der Waals surface area contributed by atoms with E-state index in [4.69, 9.17) is 9.47 Å². The van der Waals surface area contributed by atoms with Crippen LogP contribution >= 0.6 is 0 Å². The molecule has 0 fully saturated rings. The molecule has 2 rings (SSSR count). The van der Waals surface area contributed by atoms with Crippen LogP contribution in [0.4, 0.5) is 0 Å². The Morgan fingerprint density at radius 2 is 2.20 bits per heavy atom. The lowest BCUT2D eigenvalue weighted by Crippen LogP contribution is -1.95. The van der Waals surface area contributed by atoms with Gasteiger partial charge in [-0.2, -0.15) is 0 Å². The van der Waals surface area contributed by atoms with Gasteiger partial charge in [0.2, 0.25) is 0 Å². The van der Waals surface area contributed by atoms with Gasteiger partial charge in [0.05, 0.1) is 24.8 Å². The zero-order valence-electron chi connectivity index (χ0n) is 8.91. The molecule has 15 heavy (non-hydrogen) atoms. The molecule has 0 aliphatic carbocycles. The summed E-state index contributed by atoms with van der Waals surface area (Å²) < 4.78 is 10.1. The summed E-state index contributed by atoms with van der Waals surface area (Å²) in [5.74, 6) is 1.78. The number of nitrogens with zero attached hydrogens (tertiary/aromatic N) is 1. The topological polar surface area (TPSA) is 47.1 Å². The van der Waals surface area contributed by atoms with Crippen LogP contribution in [-0.2, 0) is 11.2 Å². The highest BCUT2D eigenvalue weighted by Gasteiger charge is 2.03. The minimum absolute atomic E-state index is 0.678. The highest BCUT2D eigenvalue weighted by Crippen LogP contribution is 2.18. The maximum absolute atomic E-state index is 5.14. The molecular formula is C11H14N2O2. The number of methoxy groups -OCH3 is 2. The van der Waals surface area contributed by atoms with E-state index in [0.717, 1.165) is 29.0 Å². The fourth-order valence-corrected chi connectivity index (χ4v) is 1.49. The molecule has 0 radical (unpaired) electrons. The third-order valence-corrected chi connectivity index (χ3v) is 2.28. The largest absolute Gasteiger partial charge is 0.497 e. The first-order valence-electron chi connectivity index (χ1n) is 4.85. The van der Waals surface area contributed by atoms with Gasteiger partial charge in [-0.1, -0.05) is 0 Å². The first kappa shape index (κ1) is 9.98.